The number of hydrogen-bond acceptors (Lipinski definition) is 4. The molecule has 128 valence electrons. The van der Waals surface area contributed by atoms with E-state index in [0.29, 0.717) is 6.04 Å². The molecule has 4 rings (SSSR count). The molecule has 25 heavy (non-hydrogen) atoms. The summed E-state index contributed by atoms with van der Waals surface area (Å²) in [5.41, 5.74) is 3.34. The van der Waals surface area contributed by atoms with E-state index >= 15 is 0 Å². The number of anilines is 1. The number of aryl methyl sites for hydroxylation is 1. The lowest BCUT2D eigenvalue weighted by molar-refractivity contribution is 0.0718. The molecule has 1 amide bonds. The lowest BCUT2D eigenvalue weighted by Gasteiger charge is -2.32. The van der Waals surface area contributed by atoms with Crippen LogP contribution in [0, 0.1) is 0 Å². The highest BCUT2D eigenvalue weighted by Gasteiger charge is 2.24. The summed E-state index contributed by atoms with van der Waals surface area (Å²) in [5.74, 6) is 0.949. The van der Waals surface area contributed by atoms with E-state index in [2.05, 4.69) is 39.8 Å². The molecule has 0 atom stereocenters. The van der Waals surface area contributed by atoms with Gasteiger partial charge in [0.2, 0.25) is 0 Å². The van der Waals surface area contributed by atoms with Crippen LogP contribution in [0.5, 0.6) is 0 Å². The first-order chi connectivity index (χ1) is 12.3. The third-order valence-electron chi connectivity index (χ3n) is 4.97. The van der Waals surface area contributed by atoms with Gasteiger partial charge in [0.25, 0.3) is 5.91 Å². The van der Waals surface area contributed by atoms with Gasteiger partial charge in [-0.2, -0.15) is 5.10 Å². The average molecular weight is 334 g/mol. The molecular weight excluding hydrogens is 312 g/mol. The van der Waals surface area contributed by atoms with Gasteiger partial charge in [-0.25, -0.2) is 0 Å². The molecule has 5 nitrogen and oxygen atoms in total. The molecule has 1 aliphatic carbocycles. The topological polar surface area (TPSA) is 58.1 Å². The highest BCUT2D eigenvalue weighted by molar-refractivity contribution is 5.94. The molecule has 1 fully saturated rings. The Morgan fingerprint density at radius 1 is 1.20 bits per heavy atom. The van der Waals surface area contributed by atoms with Crippen LogP contribution >= 0.6 is 0 Å². The number of rotatable bonds is 3. The Bertz CT molecular complexity index is 780. The van der Waals surface area contributed by atoms with Crippen molar-refractivity contribution in [3.63, 3.8) is 0 Å². The predicted molar refractivity (Wildman–Crippen MR) is 98.4 cm³/mol. The highest BCUT2D eigenvalue weighted by Crippen LogP contribution is 2.22. The van der Waals surface area contributed by atoms with Gasteiger partial charge in [-0.15, -0.1) is 5.10 Å². The molecule has 1 saturated heterocycles. The van der Waals surface area contributed by atoms with Crippen LogP contribution in [-0.4, -0.2) is 40.1 Å². The molecule has 0 saturated carbocycles. The van der Waals surface area contributed by atoms with Crippen molar-refractivity contribution in [3.05, 3.63) is 59.3 Å². The van der Waals surface area contributed by atoms with E-state index in [1.165, 1.54) is 11.1 Å². The van der Waals surface area contributed by atoms with E-state index in [0.717, 1.165) is 50.2 Å². The maximum Gasteiger partial charge on any atom is 0.253 e. The first-order valence-corrected chi connectivity index (χ1v) is 8.92. The van der Waals surface area contributed by atoms with Crippen molar-refractivity contribution in [2.45, 2.75) is 31.7 Å². The Hall–Kier alpha value is -2.69. The molecule has 1 N–H and O–H groups in total. The molecule has 0 spiro atoms. The fourth-order valence-electron chi connectivity index (χ4n) is 3.56. The molecule has 2 aliphatic rings. The van der Waals surface area contributed by atoms with Gasteiger partial charge in [-0.1, -0.05) is 18.2 Å². The van der Waals surface area contributed by atoms with Crippen LogP contribution in [0.1, 0.15) is 40.7 Å². The summed E-state index contributed by atoms with van der Waals surface area (Å²) < 4.78 is 0. The number of carbonyl (C=O) groups excluding carboxylic acids is 1. The van der Waals surface area contributed by atoms with Crippen molar-refractivity contribution in [1.82, 2.24) is 15.1 Å². The van der Waals surface area contributed by atoms with E-state index in [-0.39, 0.29) is 5.91 Å². The minimum Gasteiger partial charge on any atom is -0.366 e. The fourth-order valence-corrected chi connectivity index (χ4v) is 3.56. The fraction of sp³-hybridized carbons (Fsp3) is 0.350. The molecule has 1 aliphatic heterocycles. The smallest absolute Gasteiger partial charge is 0.253 e. The Balaban J connectivity index is 1.37. The summed E-state index contributed by atoms with van der Waals surface area (Å²) >= 11 is 0. The van der Waals surface area contributed by atoms with Crippen LogP contribution in [0.2, 0.25) is 0 Å². The van der Waals surface area contributed by atoms with E-state index in [9.17, 15) is 4.79 Å². The number of hydrogen-bond donors (Lipinski definition) is 1. The lowest BCUT2D eigenvalue weighted by Crippen LogP contribution is -2.42. The summed E-state index contributed by atoms with van der Waals surface area (Å²) in [6.07, 6.45) is 9.95. The van der Waals surface area contributed by atoms with Crippen molar-refractivity contribution in [2.24, 2.45) is 0 Å². The van der Waals surface area contributed by atoms with Crippen LogP contribution in [0.15, 0.2) is 42.6 Å². The third-order valence-corrected chi connectivity index (χ3v) is 4.97. The van der Waals surface area contributed by atoms with Crippen molar-refractivity contribution < 1.29 is 4.79 Å². The van der Waals surface area contributed by atoms with E-state index in [4.69, 9.17) is 0 Å². The maximum atomic E-state index is 12.8. The molecule has 0 bridgehead atoms. The van der Waals surface area contributed by atoms with Gasteiger partial charge in [0, 0.05) is 30.9 Å². The van der Waals surface area contributed by atoms with Gasteiger partial charge in [0.05, 0.1) is 0 Å². The van der Waals surface area contributed by atoms with Gasteiger partial charge in [0.15, 0.2) is 0 Å². The number of benzene rings is 1. The zero-order valence-corrected chi connectivity index (χ0v) is 14.2. The highest BCUT2D eigenvalue weighted by atomic mass is 16.2. The molecule has 2 heterocycles. The lowest BCUT2D eigenvalue weighted by atomic mass is 9.95. The van der Waals surface area contributed by atoms with Crippen molar-refractivity contribution in [2.75, 3.05) is 18.4 Å². The second-order valence-electron chi connectivity index (χ2n) is 6.67. The quantitative estimate of drug-likeness (QED) is 0.937. The predicted octanol–water partition coefficient (Wildman–Crippen LogP) is 3.15. The van der Waals surface area contributed by atoms with Crippen LogP contribution in [0.4, 0.5) is 5.82 Å². The number of piperidine rings is 1. The number of aromatic nitrogens is 2. The van der Waals surface area contributed by atoms with Crippen molar-refractivity contribution in [3.8, 4) is 0 Å². The van der Waals surface area contributed by atoms with E-state index < -0.39 is 0 Å². The molecule has 0 unspecified atom stereocenters. The van der Waals surface area contributed by atoms with Crippen molar-refractivity contribution >= 4 is 17.8 Å². The van der Waals surface area contributed by atoms with Gasteiger partial charge in [-0.05, 0) is 61.1 Å². The summed E-state index contributed by atoms with van der Waals surface area (Å²) in [4.78, 5) is 14.8. The monoisotopic (exact) mass is 334 g/mol. The third kappa shape index (κ3) is 3.55. The number of fused-ring (bicyclic) bond motifs is 1. The Labute approximate surface area is 147 Å². The Kier molecular flexibility index (Phi) is 4.46. The minimum absolute atomic E-state index is 0.148. The van der Waals surface area contributed by atoms with Crippen LogP contribution < -0.4 is 5.32 Å². The summed E-state index contributed by atoms with van der Waals surface area (Å²) in [6, 6.07) is 10.2. The van der Waals surface area contributed by atoms with Crippen molar-refractivity contribution in [1.29, 1.82) is 0 Å². The standard InChI is InChI=1S/C20H22N4O/c25-20(17-8-7-15-4-1-2-5-16(15)14-17)24-12-9-18(10-13-24)22-19-6-3-11-21-23-19/h1,3-4,6-8,11,14,18H,2,5,9-10,12-13H2,(H,22,23). The number of nitrogens with zero attached hydrogens (tertiary/aromatic N) is 3. The maximum absolute atomic E-state index is 12.8. The van der Waals surface area contributed by atoms with Gasteiger partial charge in [-0.3, -0.25) is 4.79 Å². The number of amides is 1. The molecular formula is C20H22N4O. The largest absolute Gasteiger partial charge is 0.366 e. The van der Waals surface area contributed by atoms with Crippen LogP contribution in [-0.2, 0) is 6.42 Å². The molecule has 1 aromatic heterocycles. The SMILES string of the molecule is O=C(c1ccc2c(c1)CCC=C2)N1CCC(Nc2cccnn2)CC1. The zero-order chi connectivity index (χ0) is 17.1. The van der Waals surface area contributed by atoms with E-state index in [1.807, 2.05) is 23.1 Å². The number of likely N-dealkylation sites (tertiary alicyclic amines) is 1. The van der Waals surface area contributed by atoms with Crippen LogP contribution in [0.3, 0.4) is 0 Å². The average Bonchev–Trinajstić information content (AvgIpc) is 2.68. The van der Waals surface area contributed by atoms with E-state index in [1.54, 1.807) is 6.20 Å². The second-order valence-corrected chi connectivity index (χ2v) is 6.67. The van der Waals surface area contributed by atoms with Gasteiger partial charge >= 0.3 is 0 Å². The minimum atomic E-state index is 0.148. The van der Waals surface area contributed by atoms with Crippen LogP contribution in [0.25, 0.3) is 6.08 Å². The van der Waals surface area contributed by atoms with Gasteiger partial charge in [0.1, 0.15) is 5.82 Å². The number of allylic oxidation sites excluding steroid dienone is 1. The number of carbonyl (C=O) groups is 1. The summed E-state index contributed by atoms with van der Waals surface area (Å²) in [6.45, 7) is 1.54. The molecule has 0 radical (unpaired) electrons. The normalized spacial score (nSPS) is 17.2. The molecule has 5 heteroatoms. The zero-order valence-electron chi connectivity index (χ0n) is 14.2. The van der Waals surface area contributed by atoms with Gasteiger partial charge < -0.3 is 10.2 Å². The first kappa shape index (κ1) is 15.8. The second kappa shape index (κ2) is 7.05. The molecule has 1 aromatic carbocycles. The Morgan fingerprint density at radius 2 is 2.08 bits per heavy atom. The summed E-state index contributed by atoms with van der Waals surface area (Å²) in [5, 5.41) is 11.4. The Morgan fingerprint density at radius 3 is 2.88 bits per heavy atom. The number of nitrogens with one attached hydrogen (secondary N) is 1. The molecule has 2 aromatic rings. The first-order valence-electron chi connectivity index (χ1n) is 8.92. The summed E-state index contributed by atoms with van der Waals surface area (Å²) in [7, 11) is 0.